The zero-order valence-corrected chi connectivity index (χ0v) is 6.89. The van der Waals surface area contributed by atoms with Crippen molar-refractivity contribution >= 4 is 28.7 Å². The number of nitrogens with one attached hydrogen (secondary N) is 1. The largest absolute Gasteiger partial charge is 0.289 e. The second-order valence-corrected chi connectivity index (χ2v) is 2.85. The molecule has 1 rings (SSSR count). The summed E-state index contributed by atoms with van der Waals surface area (Å²) in [6, 6.07) is 3.08. The lowest BCUT2D eigenvalue weighted by molar-refractivity contribution is 0.570. The van der Waals surface area contributed by atoms with E-state index < -0.39 is 11.3 Å². The van der Waals surface area contributed by atoms with Gasteiger partial charge in [-0.05, 0) is 12.1 Å². The zero-order valence-electron chi connectivity index (χ0n) is 5.32. The van der Waals surface area contributed by atoms with E-state index in [0.29, 0.717) is 10.8 Å². The van der Waals surface area contributed by atoms with Gasteiger partial charge in [0.1, 0.15) is 5.82 Å². The fourth-order valence-corrected chi connectivity index (χ4v) is 0.937. The molecular weight excluding hydrogens is 188 g/mol. The summed E-state index contributed by atoms with van der Waals surface area (Å²) in [6.45, 7) is 0. The molecule has 4 nitrogen and oxygen atoms in total. The maximum absolute atomic E-state index is 10.2. The molecule has 1 aromatic rings. The van der Waals surface area contributed by atoms with Gasteiger partial charge in [-0.2, -0.15) is 0 Å². The minimum atomic E-state index is -2.08. The van der Waals surface area contributed by atoms with Gasteiger partial charge in [-0.25, -0.2) is 9.19 Å². The van der Waals surface area contributed by atoms with E-state index in [4.69, 9.17) is 16.2 Å². The Morgan fingerprint density at radius 2 is 2.36 bits per heavy atom. The van der Waals surface area contributed by atoms with E-state index in [9.17, 15) is 4.21 Å². The molecule has 6 heteroatoms. The van der Waals surface area contributed by atoms with Crippen molar-refractivity contribution in [3.63, 3.8) is 0 Å². The third-order valence-electron chi connectivity index (χ3n) is 0.919. The number of nitrogens with zero attached hydrogens (tertiary/aromatic N) is 1. The molecule has 0 amide bonds. The van der Waals surface area contributed by atoms with Crippen LogP contribution in [0.4, 0.5) is 5.82 Å². The Labute approximate surface area is 71.0 Å². The molecule has 0 aliphatic carbocycles. The van der Waals surface area contributed by atoms with Crippen LogP contribution in [-0.2, 0) is 11.3 Å². The molecule has 2 N–H and O–H groups in total. The second kappa shape index (κ2) is 3.66. The topological polar surface area (TPSA) is 62.2 Å². The van der Waals surface area contributed by atoms with Crippen LogP contribution in [0.1, 0.15) is 0 Å². The van der Waals surface area contributed by atoms with Crippen LogP contribution in [0.5, 0.6) is 0 Å². The molecule has 0 bridgehead atoms. The number of pyridine rings is 1. The number of halogens is 1. The SMILES string of the molecule is O=S(O)Nc1ccc(Cl)cn1. The van der Waals surface area contributed by atoms with Crippen molar-refractivity contribution in [1.29, 1.82) is 0 Å². The van der Waals surface area contributed by atoms with Gasteiger partial charge in [0.15, 0.2) is 0 Å². The smallest absolute Gasteiger partial charge is 0.260 e. The van der Waals surface area contributed by atoms with Crippen molar-refractivity contribution < 1.29 is 8.76 Å². The van der Waals surface area contributed by atoms with E-state index in [0.717, 1.165) is 0 Å². The predicted molar refractivity (Wildman–Crippen MR) is 43.6 cm³/mol. The number of aromatic nitrogens is 1. The van der Waals surface area contributed by atoms with Gasteiger partial charge in [-0.15, -0.1) is 0 Å². The number of anilines is 1. The Hall–Kier alpha value is -0.650. The normalized spacial score (nSPS) is 12.5. The average molecular weight is 193 g/mol. The van der Waals surface area contributed by atoms with Gasteiger partial charge in [0, 0.05) is 6.20 Å². The highest BCUT2D eigenvalue weighted by Crippen LogP contribution is 2.09. The summed E-state index contributed by atoms with van der Waals surface area (Å²) in [4.78, 5) is 3.72. The van der Waals surface area contributed by atoms with E-state index in [-0.39, 0.29) is 0 Å². The highest BCUT2D eigenvalue weighted by Gasteiger charge is 1.95. The van der Waals surface area contributed by atoms with Gasteiger partial charge in [0.05, 0.1) is 5.02 Å². The monoisotopic (exact) mass is 192 g/mol. The first-order chi connectivity index (χ1) is 5.18. The second-order valence-electron chi connectivity index (χ2n) is 1.71. The van der Waals surface area contributed by atoms with E-state index in [1.165, 1.54) is 12.3 Å². The van der Waals surface area contributed by atoms with Crippen LogP contribution in [0.25, 0.3) is 0 Å². The third-order valence-corrected chi connectivity index (χ3v) is 1.53. The third kappa shape index (κ3) is 2.83. The first-order valence-electron chi connectivity index (χ1n) is 2.67. The Kier molecular flexibility index (Phi) is 2.81. The lowest BCUT2D eigenvalue weighted by Crippen LogP contribution is -2.02. The molecule has 0 spiro atoms. The summed E-state index contributed by atoms with van der Waals surface area (Å²) >= 11 is 3.44. The Morgan fingerprint density at radius 1 is 1.64 bits per heavy atom. The van der Waals surface area contributed by atoms with Crippen molar-refractivity contribution in [2.24, 2.45) is 0 Å². The minimum Gasteiger partial charge on any atom is -0.289 e. The molecule has 11 heavy (non-hydrogen) atoms. The van der Waals surface area contributed by atoms with Crippen molar-refractivity contribution in [1.82, 2.24) is 4.98 Å². The maximum Gasteiger partial charge on any atom is 0.260 e. The summed E-state index contributed by atoms with van der Waals surface area (Å²) in [7, 11) is 0. The molecular formula is C5H5ClN2O2S. The highest BCUT2D eigenvalue weighted by atomic mass is 35.5. The average Bonchev–Trinajstić information content (AvgIpc) is 1.93. The van der Waals surface area contributed by atoms with Crippen LogP contribution in [0.3, 0.4) is 0 Å². The summed E-state index contributed by atoms with van der Waals surface area (Å²) < 4.78 is 20.7. The van der Waals surface area contributed by atoms with Crippen LogP contribution in [0.15, 0.2) is 18.3 Å². The molecule has 1 heterocycles. The molecule has 0 saturated heterocycles. The van der Waals surface area contributed by atoms with Crippen molar-refractivity contribution in [2.75, 3.05) is 4.72 Å². The fourth-order valence-electron chi connectivity index (χ4n) is 0.526. The summed E-state index contributed by atoms with van der Waals surface area (Å²) in [6.07, 6.45) is 1.39. The quantitative estimate of drug-likeness (QED) is 0.694. The molecule has 0 saturated carbocycles. The molecule has 1 unspecified atom stereocenters. The highest BCUT2D eigenvalue weighted by molar-refractivity contribution is 7.80. The first kappa shape index (κ1) is 8.45. The molecule has 0 aliphatic rings. The van der Waals surface area contributed by atoms with E-state index in [1.807, 2.05) is 0 Å². The van der Waals surface area contributed by atoms with E-state index >= 15 is 0 Å². The lowest BCUT2D eigenvalue weighted by Gasteiger charge is -1.97. The standard InChI is InChI=1S/C5H5ClN2O2S/c6-4-1-2-5(7-3-4)8-11(9)10/h1-3H,(H,7,8)(H,9,10). The van der Waals surface area contributed by atoms with Crippen molar-refractivity contribution in [3.8, 4) is 0 Å². The zero-order chi connectivity index (χ0) is 8.27. The molecule has 0 aliphatic heterocycles. The Balaban J connectivity index is 2.74. The molecule has 1 atom stereocenters. The summed E-state index contributed by atoms with van der Waals surface area (Å²) in [5, 5.41) is 0.485. The van der Waals surface area contributed by atoms with Crippen LogP contribution in [-0.4, -0.2) is 13.7 Å². The lowest BCUT2D eigenvalue weighted by atomic mass is 10.5. The predicted octanol–water partition coefficient (Wildman–Crippen LogP) is 1.28. The van der Waals surface area contributed by atoms with Crippen LogP contribution < -0.4 is 4.72 Å². The summed E-state index contributed by atoms with van der Waals surface area (Å²) in [5.41, 5.74) is 0. The van der Waals surface area contributed by atoms with Gasteiger partial charge in [0.2, 0.25) is 0 Å². The van der Waals surface area contributed by atoms with E-state index in [2.05, 4.69) is 9.71 Å². The Morgan fingerprint density at radius 3 is 2.82 bits per heavy atom. The Bertz CT molecular complexity index is 264. The molecule has 0 aromatic carbocycles. The van der Waals surface area contributed by atoms with Gasteiger partial charge in [-0.1, -0.05) is 11.6 Å². The van der Waals surface area contributed by atoms with Crippen LogP contribution in [0, 0.1) is 0 Å². The minimum absolute atomic E-state index is 0.315. The summed E-state index contributed by atoms with van der Waals surface area (Å²) in [5.74, 6) is 0.315. The van der Waals surface area contributed by atoms with Gasteiger partial charge in [-0.3, -0.25) is 9.27 Å². The first-order valence-corrected chi connectivity index (χ1v) is 4.16. The number of hydrogen-bond acceptors (Lipinski definition) is 2. The van der Waals surface area contributed by atoms with Gasteiger partial charge >= 0.3 is 0 Å². The molecule has 1 aromatic heterocycles. The van der Waals surface area contributed by atoms with Crippen LogP contribution >= 0.6 is 11.6 Å². The van der Waals surface area contributed by atoms with Gasteiger partial charge in [0.25, 0.3) is 11.3 Å². The van der Waals surface area contributed by atoms with Crippen molar-refractivity contribution in [3.05, 3.63) is 23.4 Å². The number of rotatable bonds is 2. The molecule has 0 radical (unpaired) electrons. The number of hydrogen-bond donors (Lipinski definition) is 2. The van der Waals surface area contributed by atoms with Gasteiger partial charge < -0.3 is 0 Å². The van der Waals surface area contributed by atoms with Crippen LogP contribution in [0.2, 0.25) is 5.02 Å². The maximum atomic E-state index is 10.2. The molecule has 0 fully saturated rings. The fraction of sp³-hybridized carbons (Fsp3) is 0. The molecule has 60 valence electrons. The van der Waals surface area contributed by atoms with E-state index in [1.54, 1.807) is 6.07 Å². The van der Waals surface area contributed by atoms with Crippen molar-refractivity contribution in [2.45, 2.75) is 0 Å².